The van der Waals surface area contributed by atoms with Crippen LogP contribution >= 0.6 is 0 Å². The number of anilines is 1. The van der Waals surface area contributed by atoms with Crippen molar-refractivity contribution >= 4 is 5.69 Å². The quantitative estimate of drug-likeness (QED) is 0.836. The average Bonchev–Trinajstić information content (AvgIpc) is 2.29. The van der Waals surface area contributed by atoms with Gasteiger partial charge in [0.2, 0.25) is 0 Å². The highest BCUT2D eigenvalue weighted by atomic mass is 19.1. The molecule has 2 rings (SSSR count). The van der Waals surface area contributed by atoms with Crippen molar-refractivity contribution < 1.29 is 4.39 Å². The van der Waals surface area contributed by atoms with Crippen LogP contribution in [-0.4, -0.2) is 11.6 Å². The van der Waals surface area contributed by atoms with E-state index in [9.17, 15) is 9.18 Å². The predicted molar refractivity (Wildman–Crippen MR) is 61.5 cm³/mol. The summed E-state index contributed by atoms with van der Waals surface area (Å²) in [5.41, 5.74) is 0.744. The highest BCUT2D eigenvalue weighted by Gasteiger charge is 2.03. The Kier molecular flexibility index (Phi) is 2.72. The third-order valence-corrected chi connectivity index (χ3v) is 2.32. The van der Waals surface area contributed by atoms with Gasteiger partial charge in [0.25, 0.3) is 5.56 Å². The van der Waals surface area contributed by atoms with Crippen LogP contribution in [0.5, 0.6) is 0 Å². The first-order chi connectivity index (χ1) is 7.72. The molecule has 3 nitrogen and oxygen atoms in total. The Morgan fingerprint density at radius 1 is 1.25 bits per heavy atom. The van der Waals surface area contributed by atoms with Crippen molar-refractivity contribution in [2.24, 2.45) is 0 Å². The summed E-state index contributed by atoms with van der Waals surface area (Å²) >= 11 is 0. The second-order valence-electron chi connectivity index (χ2n) is 3.32. The van der Waals surface area contributed by atoms with Crippen molar-refractivity contribution in [3.8, 4) is 5.69 Å². The third-order valence-electron chi connectivity index (χ3n) is 2.32. The number of hydrogen-bond donors (Lipinski definition) is 1. The molecule has 2 aromatic rings. The highest BCUT2D eigenvalue weighted by Crippen LogP contribution is 2.16. The Labute approximate surface area is 92.2 Å². The Morgan fingerprint density at radius 2 is 2.06 bits per heavy atom. The summed E-state index contributed by atoms with van der Waals surface area (Å²) in [5, 5.41) is 2.73. The molecule has 0 aliphatic rings. The molecule has 0 unspecified atom stereocenters. The van der Waals surface area contributed by atoms with Crippen LogP contribution in [0.4, 0.5) is 10.1 Å². The van der Waals surface area contributed by atoms with Crippen molar-refractivity contribution in [1.29, 1.82) is 0 Å². The van der Waals surface area contributed by atoms with Gasteiger partial charge in [-0.2, -0.15) is 0 Å². The zero-order chi connectivity index (χ0) is 11.5. The molecular formula is C12H11FN2O. The molecule has 0 aliphatic heterocycles. The van der Waals surface area contributed by atoms with E-state index in [0.717, 1.165) is 0 Å². The molecule has 0 spiro atoms. The van der Waals surface area contributed by atoms with Gasteiger partial charge in [0.05, 0.1) is 11.4 Å². The molecule has 16 heavy (non-hydrogen) atoms. The third kappa shape index (κ3) is 1.82. The molecule has 0 fully saturated rings. The zero-order valence-electron chi connectivity index (χ0n) is 8.77. The molecule has 0 aliphatic carbocycles. The lowest BCUT2D eigenvalue weighted by Crippen LogP contribution is -2.15. The first-order valence-electron chi connectivity index (χ1n) is 4.88. The monoisotopic (exact) mass is 218 g/mol. The lowest BCUT2D eigenvalue weighted by Gasteiger charge is -2.07. The second-order valence-corrected chi connectivity index (χ2v) is 3.32. The van der Waals surface area contributed by atoms with Gasteiger partial charge in [-0.1, -0.05) is 6.07 Å². The lowest BCUT2D eigenvalue weighted by molar-refractivity contribution is 0.630. The largest absolute Gasteiger partial charge is 0.386 e. The summed E-state index contributed by atoms with van der Waals surface area (Å²) in [6.07, 6.45) is 1.61. The van der Waals surface area contributed by atoms with Gasteiger partial charge in [-0.15, -0.1) is 0 Å². The maximum atomic E-state index is 13.5. The SMILES string of the molecule is CNc1ccc(-n2ccccc2=O)cc1F. The van der Waals surface area contributed by atoms with Crippen LogP contribution in [0.25, 0.3) is 5.69 Å². The Bertz CT molecular complexity index is 563. The lowest BCUT2D eigenvalue weighted by atomic mass is 10.2. The smallest absolute Gasteiger partial charge is 0.255 e. The van der Waals surface area contributed by atoms with Crippen LogP contribution in [0.15, 0.2) is 47.4 Å². The molecule has 1 N–H and O–H groups in total. The summed E-state index contributed by atoms with van der Waals surface area (Å²) in [5.74, 6) is -0.379. The molecule has 1 aromatic heterocycles. The maximum Gasteiger partial charge on any atom is 0.255 e. The zero-order valence-corrected chi connectivity index (χ0v) is 8.77. The first-order valence-corrected chi connectivity index (χ1v) is 4.88. The fraction of sp³-hybridized carbons (Fsp3) is 0.0833. The van der Waals surface area contributed by atoms with Gasteiger partial charge in [0.15, 0.2) is 0 Å². The molecule has 0 radical (unpaired) electrons. The van der Waals surface area contributed by atoms with Crippen LogP contribution in [0.2, 0.25) is 0 Å². The van der Waals surface area contributed by atoms with Gasteiger partial charge in [-0.05, 0) is 18.2 Å². The summed E-state index contributed by atoms with van der Waals surface area (Å²) in [7, 11) is 1.65. The van der Waals surface area contributed by atoms with E-state index >= 15 is 0 Å². The van der Waals surface area contributed by atoms with Crippen LogP contribution < -0.4 is 10.9 Å². The first kappa shape index (κ1) is 10.4. The van der Waals surface area contributed by atoms with Crippen molar-refractivity contribution in [2.45, 2.75) is 0 Å². The predicted octanol–water partition coefficient (Wildman–Crippen LogP) is 2.02. The molecule has 4 heteroatoms. The van der Waals surface area contributed by atoms with Crippen LogP contribution in [0, 0.1) is 5.82 Å². The van der Waals surface area contributed by atoms with Gasteiger partial charge in [0, 0.05) is 25.4 Å². The molecule has 0 saturated heterocycles. The number of aromatic nitrogens is 1. The Hall–Kier alpha value is -2.10. The van der Waals surface area contributed by atoms with Gasteiger partial charge >= 0.3 is 0 Å². The van der Waals surface area contributed by atoms with E-state index in [-0.39, 0.29) is 11.4 Å². The number of nitrogens with one attached hydrogen (secondary N) is 1. The number of halogens is 1. The van der Waals surface area contributed by atoms with E-state index in [2.05, 4.69) is 5.32 Å². The fourth-order valence-electron chi connectivity index (χ4n) is 1.50. The van der Waals surface area contributed by atoms with E-state index in [4.69, 9.17) is 0 Å². The molecule has 0 bridgehead atoms. The molecule has 0 saturated carbocycles. The maximum absolute atomic E-state index is 13.5. The van der Waals surface area contributed by atoms with Gasteiger partial charge in [-0.25, -0.2) is 4.39 Å². The van der Waals surface area contributed by atoms with E-state index in [1.54, 1.807) is 37.5 Å². The molecule has 1 heterocycles. The summed E-state index contributed by atoms with van der Waals surface area (Å²) < 4.78 is 14.9. The van der Waals surface area contributed by atoms with Crippen molar-refractivity contribution in [3.05, 3.63) is 58.8 Å². The molecular weight excluding hydrogens is 207 g/mol. The van der Waals surface area contributed by atoms with Crippen molar-refractivity contribution in [1.82, 2.24) is 4.57 Å². The standard InChI is InChI=1S/C12H11FN2O/c1-14-11-6-5-9(8-10(11)13)15-7-3-2-4-12(15)16/h2-8,14H,1H3. The fourth-order valence-corrected chi connectivity index (χ4v) is 1.50. The minimum Gasteiger partial charge on any atom is -0.386 e. The second kappa shape index (κ2) is 4.18. The Balaban J connectivity index is 2.54. The van der Waals surface area contributed by atoms with E-state index < -0.39 is 0 Å². The number of hydrogen-bond acceptors (Lipinski definition) is 2. The number of nitrogens with zero attached hydrogens (tertiary/aromatic N) is 1. The Morgan fingerprint density at radius 3 is 2.69 bits per heavy atom. The van der Waals surface area contributed by atoms with Crippen molar-refractivity contribution in [2.75, 3.05) is 12.4 Å². The van der Waals surface area contributed by atoms with Crippen LogP contribution in [0.1, 0.15) is 0 Å². The van der Waals surface area contributed by atoms with Gasteiger partial charge in [-0.3, -0.25) is 9.36 Å². The number of pyridine rings is 1. The summed E-state index contributed by atoms with van der Waals surface area (Å²) in [4.78, 5) is 11.5. The highest BCUT2D eigenvalue weighted by molar-refractivity contribution is 5.49. The summed E-state index contributed by atoms with van der Waals surface area (Å²) in [6, 6.07) is 9.43. The van der Waals surface area contributed by atoms with Crippen molar-refractivity contribution in [3.63, 3.8) is 0 Å². The normalized spacial score (nSPS) is 10.1. The van der Waals surface area contributed by atoms with E-state index in [1.165, 1.54) is 16.7 Å². The van der Waals surface area contributed by atoms with E-state index in [0.29, 0.717) is 11.4 Å². The molecule has 0 amide bonds. The molecule has 0 atom stereocenters. The van der Waals surface area contributed by atoms with Crippen LogP contribution in [0.3, 0.4) is 0 Å². The molecule has 82 valence electrons. The van der Waals surface area contributed by atoms with Gasteiger partial charge in [0.1, 0.15) is 5.82 Å². The number of rotatable bonds is 2. The molecule has 1 aromatic carbocycles. The number of benzene rings is 1. The van der Waals surface area contributed by atoms with E-state index in [1.807, 2.05) is 0 Å². The van der Waals surface area contributed by atoms with Gasteiger partial charge < -0.3 is 5.32 Å². The topological polar surface area (TPSA) is 34.0 Å². The van der Waals surface area contributed by atoms with Crippen LogP contribution in [-0.2, 0) is 0 Å². The summed E-state index contributed by atoms with van der Waals surface area (Å²) in [6.45, 7) is 0. The minimum atomic E-state index is -0.379. The average molecular weight is 218 g/mol. The minimum absolute atomic E-state index is 0.181.